The van der Waals surface area contributed by atoms with Gasteiger partial charge in [0.25, 0.3) is 0 Å². The molecule has 0 radical (unpaired) electrons. The van der Waals surface area contributed by atoms with Crippen molar-refractivity contribution in [1.82, 2.24) is 10.2 Å². The van der Waals surface area contributed by atoms with Crippen LogP contribution in [0.2, 0.25) is 10.0 Å². The number of rotatable bonds is 12. The third kappa shape index (κ3) is 8.70. The lowest BCUT2D eigenvalue weighted by Gasteiger charge is -2.33. The first-order valence-electron chi connectivity index (χ1n) is 11.5. The molecule has 0 aliphatic heterocycles. The molecule has 2 aromatic rings. The summed E-state index contributed by atoms with van der Waals surface area (Å²) in [5.74, 6) is -0.493. The molecule has 0 bridgehead atoms. The zero-order valence-corrected chi connectivity index (χ0v) is 22.8. The number of hydrogen-bond donors (Lipinski definition) is 1. The van der Waals surface area contributed by atoms with Crippen molar-refractivity contribution >= 4 is 50.7 Å². The fraction of sp³-hybridized carbons (Fsp3) is 0.440. The molecule has 2 rings (SSSR count). The average Bonchev–Trinajstić information content (AvgIpc) is 2.80. The number of carbonyl (C=O) groups excluding carboxylic acids is 2. The Morgan fingerprint density at radius 3 is 2.23 bits per heavy atom. The predicted molar refractivity (Wildman–Crippen MR) is 142 cm³/mol. The van der Waals surface area contributed by atoms with E-state index in [0.29, 0.717) is 19.4 Å². The van der Waals surface area contributed by atoms with E-state index in [1.54, 1.807) is 0 Å². The minimum absolute atomic E-state index is 0.172. The van der Waals surface area contributed by atoms with Gasteiger partial charge in [0.2, 0.25) is 21.8 Å². The van der Waals surface area contributed by atoms with Crippen molar-refractivity contribution in [1.29, 1.82) is 0 Å². The van der Waals surface area contributed by atoms with Crippen LogP contribution in [0.25, 0.3) is 0 Å². The molecule has 7 nitrogen and oxygen atoms in total. The van der Waals surface area contributed by atoms with Gasteiger partial charge in [-0.15, -0.1) is 0 Å². The van der Waals surface area contributed by atoms with Crippen LogP contribution in [0.1, 0.15) is 32.8 Å². The Labute approximate surface area is 218 Å². The second-order valence-corrected chi connectivity index (χ2v) is 11.5. The highest BCUT2D eigenvalue weighted by Crippen LogP contribution is 2.28. The molecule has 10 heteroatoms. The van der Waals surface area contributed by atoms with Gasteiger partial charge in [0.15, 0.2) is 0 Å². The van der Waals surface area contributed by atoms with Gasteiger partial charge in [-0.1, -0.05) is 74.3 Å². The molecule has 0 fully saturated rings. The maximum Gasteiger partial charge on any atom is 0.244 e. The molecular formula is C25H33Cl2N3O4S. The standard InChI is InChI=1S/C25H33Cl2N3O4S/c1-5-23(25(32)28-16-18(2)3)29(14-13-19-9-7-6-8-10-19)24(31)17-30(35(4,33)34)20-11-12-21(26)22(27)15-20/h6-12,15,18,23H,5,13-14,16-17H2,1-4H3,(H,28,32)/t23-/m1/s1. The molecule has 0 saturated heterocycles. The van der Waals surface area contributed by atoms with Crippen molar-refractivity contribution < 1.29 is 18.0 Å². The van der Waals surface area contributed by atoms with E-state index in [-0.39, 0.29) is 34.1 Å². The van der Waals surface area contributed by atoms with Gasteiger partial charge in [-0.2, -0.15) is 0 Å². The molecule has 0 aromatic heterocycles. The molecule has 0 saturated carbocycles. The third-order valence-electron chi connectivity index (χ3n) is 5.43. The number of hydrogen-bond acceptors (Lipinski definition) is 4. The first-order valence-corrected chi connectivity index (χ1v) is 14.1. The van der Waals surface area contributed by atoms with E-state index in [4.69, 9.17) is 23.2 Å². The highest BCUT2D eigenvalue weighted by molar-refractivity contribution is 7.92. The van der Waals surface area contributed by atoms with E-state index in [9.17, 15) is 18.0 Å². The molecular weight excluding hydrogens is 509 g/mol. The largest absolute Gasteiger partial charge is 0.354 e. The van der Waals surface area contributed by atoms with Crippen LogP contribution in [0.4, 0.5) is 5.69 Å². The SMILES string of the molecule is CC[C@H](C(=O)NCC(C)C)N(CCc1ccccc1)C(=O)CN(c1ccc(Cl)c(Cl)c1)S(C)(=O)=O. The Bertz CT molecular complexity index is 1110. The zero-order valence-electron chi connectivity index (χ0n) is 20.5. The number of nitrogens with one attached hydrogen (secondary N) is 1. The Morgan fingerprint density at radius 2 is 1.69 bits per heavy atom. The lowest BCUT2D eigenvalue weighted by Crippen LogP contribution is -2.53. The van der Waals surface area contributed by atoms with E-state index in [2.05, 4.69) is 5.32 Å². The van der Waals surface area contributed by atoms with Crippen LogP contribution in [0, 0.1) is 5.92 Å². The summed E-state index contributed by atoms with van der Waals surface area (Å²) < 4.78 is 26.2. The number of halogens is 2. The molecule has 1 N–H and O–H groups in total. The smallest absolute Gasteiger partial charge is 0.244 e. The first-order chi connectivity index (χ1) is 16.4. The van der Waals surface area contributed by atoms with Gasteiger partial charge in [-0.05, 0) is 42.5 Å². The van der Waals surface area contributed by atoms with E-state index in [1.165, 1.54) is 23.1 Å². The number of sulfonamides is 1. The van der Waals surface area contributed by atoms with E-state index in [1.807, 2.05) is 51.1 Å². The van der Waals surface area contributed by atoms with Crippen LogP contribution in [-0.4, -0.2) is 57.1 Å². The Kier molecular flexibility index (Phi) is 10.9. The van der Waals surface area contributed by atoms with Gasteiger partial charge >= 0.3 is 0 Å². The first kappa shape index (κ1) is 28.9. The van der Waals surface area contributed by atoms with Crippen LogP contribution in [0.15, 0.2) is 48.5 Å². The highest BCUT2D eigenvalue weighted by atomic mass is 35.5. The molecule has 192 valence electrons. The van der Waals surface area contributed by atoms with Gasteiger partial charge in [-0.3, -0.25) is 13.9 Å². The summed E-state index contributed by atoms with van der Waals surface area (Å²) in [7, 11) is -3.83. The predicted octanol–water partition coefficient (Wildman–Crippen LogP) is 4.38. The number of nitrogens with zero attached hydrogens (tertiary/aromatic N) is 2. The van der Waals surface area contributed by atoms with Crippen LogP contribution in [0.3, 0.4) is 0 Å². The average molecular weight is 543 g/mol. The fourth-order valence-corrected chi connectivity index (χ4v) is 4.71. The maximum atomic E-state index is 13.6. The van der Waals surface area contributed by atoms with Gasteiger partial charge in [-0.25, -0.2) is 8.42 Å². The molecule has 0 heterocycles. The van der Waals surface area contributed by atoms with Crippen molar-refractivity contribution in [3.05, 3.63) is 64.1 Å². The van der Waals surface area contributed by atoms with E-state index >= 15 is 0 Å². The van der Waals surface area contributed by atoms with Crippen LogP contribution < -0.4 is 9.62 Å². The summed E-state index contributed by atoms with van der Waals surface area (Å²) in [4.78, 5) is 28.0. The van der Waals surface area contributed by atoms with Gasteiger partial charge in [0, 0.05) is 13.1 Å². The summed E-state index contributed by atoms with van der Waals surface area (Å²) in [6, 6.07) is 13.2. The van der Waals surface area contributed by atoms with Crippen LogP contribution in [-0.2, 0) is 26.0 Å². The summed E-state index contributed by atoms with van der Waals surface area (Å²) in [6.07, 6.45) is 1.92. The van der Waals surface area contributed by atoms with E-state index < -0.39 is 28.5 Å². The molecule has 2 amide bonds. The number of benzene rings is 2. The number of carbonyl (C=O) groups is 2. The fourth-order valence-electron chi connectivity index (χ4n) is 3.57. The summed E-state index contributed by atoms with van der Waals surface area (Å²) in [6.45, 7) is 6.07. The van der Waals surface area contributed by atoms with Crippen molar-refractivity contribution in [2.24, 2.45) is 5.92 Å². The Morgan fingerprint density at radius 1 is 1.03 bits per heavy atom. The summed E-state index contributed by atoms with van der Waals surface area (Å²) in [5.41, 5.74) is 1.22. The second-order valence-electron chi connectivity index (χ2n) is 8.75. The topological polar surface area (TPSA) is 86.8 Å². The van der Waals surface area contributed by atoms with Gasteiger partial charge in [0.05, 0.1) is 22.0 Å². The van der Waals surface area contributed by atoms with Crippen molar-refractivity contribution in [2.75, 3.05) is 30.2 Å². The lowest BCUT2D eigenvalue weighted by molar-refractivity contribution is -0.139. The van der Waals surface area contributed by atoms with Crippen LogP contribution in [0.5, 0.6) is 0 Å². The van der Waals surface area contributed by atoms with Gasteiger partial charge in [0.1, 0.15) is 12.6 Å². The zero-order chi connectivity index (χ0) is 26.2. The minimum Gasteiger partial charge on any atom is -0.354 e. The normalized spacial score (nSPS) is 12.3. The highest BCUT2D eigenvalue weighted by Gasteiger charge is 2.31. The Hall–Kier alpha value is -2.29. The number of amides is 2. The quantitative estimate of drug-likeness (QED) is 0.431. The van der Waals surface area contributed by atoms with Crippen molar-refractivity contribution in [3.63, 3.8) is 0 Å². The second kappa shape index (κ2) is 13.1. The minimum atomic E-state index is -3.83. The van der Waals surface area contributed by atoms with Gasteiger partial charge < -0.3 is 10.2 Å². The molecule has 0 aliphatic rings. The van der Waals surface area contributed by atoms with Crippen molar-refractivity contribution in [2.45, 2.75) is 39.7 Å². The molecule has 0 spiro atoms. The van der Waals surface area contributed by atoms with Crippen molar-refractivity contribution in [3.8, 4) is 0 Å². The molecule has 35 heavy (non-hydrogen) atoms. The summed E-state index contributed by atoms with van der Waals surface area (Å²) >= 11 is 12.1. The maximum absolute atomic E-state index is 13.6. The molecule has 0 aliphatic carbocycles. The lowest BCUT2D eigenvalue weighted by atomic mass is 10.1. The molecule has 1 atom stereocenters. The Balaban J connectivity index is 2.36. The summed E-state index contributed by atoms with van der Waals surface area (Å²) in [5, 5.41) is 3.34. The van der Waals surface area contributed by atoms with Crippen LogP contribution >= 0.6 is 23.2 Å². The molecule has 0 unspecified atom stereocenters. The number of anilines is 1. The molecule has 2 aromatic carbocycles. The van der Waals surface area contributed by atoms with E-state index in [0.717, 1.165) is 16.1 Å². The monoisotopic (exact) mass is 541 g/mol. The third-order valence-corrected chi connectivity index (χ3v) is 7.30.